The van der Waals surface area contributed by atoms with Crippen molar-refractivity contribution in [3.8, 4) is 11.1 Å². The van der Waals surface area contributed by atoms with Gasteiger partial charge >= 0.3 is 108 Å². The van der Waals surface area contributed by atoms with Gasteiger partial charge in [0.15, 0.2) is 0 Å². The van der Waals surface area contributed by atoms with Crippen LogP contribution in [0.2, 0.25) is 0 Å². The first-order chi connectivity index (χ1) is 25.0. The number of hydrogen-bond acceptors (Lipinski definition) is 0. The molecular weight excluding hydrogens is 731 g/mol. The van der Waals surface area contributed by atoms with Crippen molar-refractivity contribution in [3.05, 3.63) is 226 Å². The van der Waals surface area contributed by atoms with E-state index in [1.54, 1.807) is 0 Å². The van der Waals surface area contributed by atoms with Crippen molar-refractivity contribution >= 4 is 3.81 Å². The van der Waals surface area contributed by atoms with Crippen LogP contribution in [0.25, 0.3) is 11.1 Å². The van der Waals surface area contributed by atoms with Crippen LogP contribution in [0, 0.1) is 26.0 Å². The first-order valence-electron chi connectivity index (χ1n) is 18.3. The van der Waals surface area contributed by atoms with Crippen LogP contribution in [0.3, 0.4) is 0 Å². The van der Waals surface area contributed by atoms with E-state index in [0.29, 0.717) is 0 Å². The molecule has 6 aromatic carbocycles. The Morgan fingerprint density at radius 2 is 1.07 bits per heavy atom. The molecule has 0 bridgehead atoms. The van der Waals surface area contributed by atoms with E-state index in [-0.39, 0.29) is 35.6 Å². The molecule has 2 aliphatic rings. The molecule has 0 spiro atoms. The zero-order chi connectivity index (χ0) is 36.7. The minimum Gasteiger partial charge on any atom is -1.00 e. The number of allylic oxidation sites excluding steroid dienone is 4. The maximum Gasteiger partial charge on any atom is -0.109 e. The van der Waals surface area contributed by atoms with Crippen LogP contribution >= 0.6 is 0 Å². The van der Waals surface area contributed by atoms with Crippen LogP contribution < -0.4 is 24.8 Å². The number of rotatable bonds is 6. The molecule has 0 heterocycles. The minimum absolute atomic E-state index is 0. The second-order valence-corrected chi connectivity index (χ2v) is 15.7. The summed E-state index contributed by atoms with van der Waals surface area (Å²) in [7, 11) is 0. The molecule has 54 heavy (non-hydrogen) atoms. The molecule has 2 aliphatic carbocycles. The fourth-order valence-corrected chi connectivity index (χ4v) is 7.35. The molecule has 0 unspecified atom stereocenters. The van der Waals surface area contributed by atoms with Gasteiger partial charge in [-0.15, -0.1) is 17.5 Å². The second-order valence-electron chi connectivity index (χ2n) is 14.9. The first kappa shape index (κ1) is 42.7. The maximum atomic E-state index is 3.63. The average molecular weight is 780 g/mol. The van der Waals surface area contributed by atoms with Crippen LogP contribution in [-0.4, -0.2) is 3.81 Å². The SMILES string of the molecule is CC(C)(c1ccccc1)c1c[c-]c2c(c1)-c1cc(C(C)(C)c3ccccc3)ccc1C2.Cc1ccc([C](=[Ti+2])c2ccc(C)cc2)cc1.[C-]1=CC=CC1.[Cl-].[Cl-]. The number of fused-ring (bicyclic) bond motifs is 3. The van der Waals surface area contributed by atoms with E-state index < -0.39 is 0 Å². The normalized spacial score (nSPS) is 12.1. The summed E-state index contributed by atoms with van der Waals surface area (Å²) in [5.41, 5.74) is 15.9. The monoisotopic (exact) mass is 778 g/mol. The zero-order valence-electron chi connectivity index (χ0n) is 32.2. The molecule has 6 aromatic rings. The Morgan fingerprint density at radius 1 is 0.574 bits per heavy atom. The van der Waals surface area contributed by atoms with Gasteiger partial charge < -0.3 is 24.8 Å². The van der Waals surface area contributed by atoms with Crippen LogP contribution in [-0.2, 0) is 37.2 Å². The summed E-state index contributed by atoms with van der Waals surface area (Å²) in [5, 5.41) is 0. The molecule has 0 saturated heterocycles. The van der Waals surface area contributed by atoms with Crippen LogP contribution in [0.4, 0.5) is 0 Å². The van der Waals surface area contributed by atoms with Crippen molar-refractivity contribution in [3.63, 3.8) is 0 Å². The predicted octanol–water partition coefficient (Wildman–Crippen LogP) is 6.44. The fraction of sp³-hybridized carbons (Fsp3) is 0.196. The number of hydrogen-bond donors (Lipinski definition) is 0. The van der Waals surface area contributed by atoms with Crippen LogP contribution in [0.1, 0.15) is 89.8 Å². The molecular formula is C51H48Cl2Ti-2. The maximum absolute atomic E-state index is 3.63. The molecule has 272 valence electrons. The van der Waals surface area contributed by atoms with E-state index in [4.69, 9.17) is 0 Å². The van der Waals surface area contributed by atoms with Crippen LogP contribution in [0.15, 0.2) is 158 Å². The molecule has 8 rings (SSSR count). The van der Waals surface area contributed by atoms with E-state index >= 15 is 0 Å². The molecule has 0 atom stereocenters. The van der Waals surface area contributed by atoms with Gasteiger partial charge in [-0.05, 0) is 28.5 Å². The molecule has 3 heteroatoms. The smallest absolute Gasteiger partial charge is 0.109 e. The molecule has 0 aromatic heterocycles. The van der Waals surface area contributed by atoms with Gasteiger partial charge in [-0.1, -0.05) is 118 Å². The summed E-state index contributed by atoms with van der Waals surface area (Å²) in [6.45, 7) is 13.5. The Labute approximate surface area is 348 Å². The van der Waals surface area contributed by atoms with E-state index in [1.807, 2.05) is 12.2 Å². The Balaban J connectivity index is 0.000000236. The molecule has 0 amide bonds. The second kappa shape index (κ2) is 19.0. The van der Waals surface area contributed by atoms with Crippen molar-refractivity contribution in [2.24, 2.45) is 0 Å². The summed E-state index contributed by atoms with van der Waals surface area (Å²) in [4.78, 5) is 0. The van der Waals surface area contributed by atoms with Gasteiger partial charge in [0.2, 0.25) is 0 Å². The molecule has 0 radical (unpaired) electrons. The van der Waals surface area contributed by atoms with Gasteiger partial charge in [0.1, 0.15) is 0 Å². The average Bonchev–Trinajstić information content (AvgIpc) is 3.88. The first-order valence-corrected chi connectivity index (χ1v) is 19.1. The summed E-state index contributed by atoms with van der Waals surface area (Å²) < 4.78 is 1.33. The molecule has 0 nitrogen and oxygen atoms in total. The predicted molar refractivity (Wildman–Crippen MR) is 218 cm³/mol. The Bertz CT molecular complexity index is 2040. The quantitative estimate of drug-likeness (QED) is 0.135. The minimum atomic E-state index is -0.0591. The number of benzene rings is 6. The molecule has 0 aliphatic heterocycles. The van der Waals surface area contributed by atoms with E-state index in [9.17, 15) is 0 Å². The van der Waals surface area contributed by atoms with Crippen molar-refractivity contribution in [2.75, 3.05) is 0 Å². The summed E-state index contributed by atoms with van der Waals surface area (Å²) in [5.74, 6) is 0. The van der Waals surface area contributed by atoms with E-state index in [2.05, 4.69) is 219 Å². The van der Waals surface area contributed by atoms with E-state index in [0.717, 1.165) is 12.8 Å². The summed E-state index contributed by atoms with van der Waals surface area (Å²) in [6.07, 6.45) is 11.0. The van der Waals surface area contributed by atoms with Gasteiger partial charge in [-0.3, -0.25) is 6.08 Å². The van der Waals surface area contributed by atoms with Gasteiger partial charge in [0.25, 0.3) is 0 Å². The third kappa shape index (κ3) is 9.98. The fourth-order valence-electron chi connectivity index (χ4n) is 6.83. The standard InChI is InChI=1S/C31H29.C15H14.C5H5.2ClH.Ti/c1-30(2,24-11-7-5-8-12-24)26-17-15-22-19-23-16-18-27(21-29(23)28(22)20-26)31(3,4)25-13-9-6-10-14-25;1-12-3-7-14(8-4-12)11-15-9-5-13(2)6-10-15;1-2-4-5-3-1;;;/h5-15,17-18,20-21H,19H2,1-4H3;3-10H,1-2H3;1-3H,4H2;2*1H;/q-1;;-1;;;+2/p-2. The zero-order valence-corrected chi connectivity index (χ0v) is 35.3. The van der Waals surface area contributed by atoms with Crippen molar-refractivity contribution < 1.29 is 44.8 Å². The van der Waals surface area contributed by atoms with Crippen molar-refractivity contribution in [1.82, 2.24) is 0 Å². The van der Waals surface area contributed by atoms with Crippen molar-refractivity contribution in [1.29, 1.82) is 0 Å². The van der Waals surface area contributed by atoms with Gasteiger partial charge in [0.05, 0.1) is 0 Å². The molecule has 0 saturated carbocycles. The third-order valence-electron chi connectivity index (χ3n) is 10.5. The molecule has 0 fully saturated rings. The molecule has 0 N–H and O–H groups in total. The summed E-state index contributed by atoms with van der Waals surface area (Å²) in [6, 6.07) is 54.3. The largest absolute Gasteiger partial charge is 1.00 e. The van der Waals surface area contributed by atoms with Gasteiger partial charge in [0, 0.05) is 5.41 Å². The Hall–Kier alpha value is -4.04. The van der Waals surface area contributed by atoms with Crippen molar-refractivity contribution in [2.45, 2.75) is 65.2 Å². The summed E-state index contributed by atoms with van der Waals surface area (Å²) >= 11 is 2.18. The van der Waals surface area contributed by atoms with Gasteiger partial charge in [-0.25, -0.2) is 12.2 Å². The number of halogens is 2. The third-order valence-corrected chi connectivity index (χ3v) is 11.4. The van der Waals surface area contributed by atoms with Gasteiger partial charge in [-0.2, -0.15) is 29.8 Å². The topological polar surface area (TPSA) is 0 Å². The number of aryl methyl sites for hydroxylation is 2. The van der Waals surface area contributed by atoms with Crippen LogP contribution in [0.5, 0.6) is 0 Å². The Kier molecular flexibility index (Phi) is 15.0. The van der Waals surface area contributed by atoms with E-state index in [1.165, 1.54) is 70.6 Å². The Morgan fingerprint density at radius 3 is 1.54 bits per heavy atom.